The maximum atomic E-state index is 12.9. The molecule has 0 aromatic carbocycles. The summed E-state index contributed by atoms with van der Waals surface area (Å²) in [5.74, 6) is 0.987. The van der Waals surface area contributed by atoms with Crippen LogP contribution < -0.4 is 10.2 Å². The summed E-state index contributed by atoms with van der Waals surface area (Å²) >= 11 is 0. The largest absolute Gasteiger partial charge is 0.352 e. The first-order valence-electron chi connectivity index (χ1n) is 9.91. The van der Waals surface area contributed by atoms with Gasteiger partial charge >= 0.3 is 6.03 Å². The van der Waals surface area contributed by atoms with E-state index in [1.165, 1.54) is 19.3 Å². The molecule has 2 N–H and O–H groups in total. The molecule has 4 heterocycles. The Balaban J connectivity index is 1.32. The molecular weight excluding hydrogens is 328 g/mol. The lowest BCUT2D eigenvalue weighted by Gasteiger charge is -2.42. The van der Waals surface area contributed by atoms with Gasteiger partial charge in [-0.05, 0) is 31.7 Å². The van der Waals surface area contributed by atoms with E-state index in [1.54, 1.807) is 6.33 Å². The number of rotatable bonds is 2. The van der Waals surface area contributed by atoms with Gasteiger partial charge in [0.2, 0.25) is 0 Å². The van der Waals surface area contributed by atoms with Crippen molar-refractivity contribution in [1.82, 2.24) is 25.2 Å². The normalized spacial score (nSPS) is 26.5. The number of piperazine rings is 1. The first-order chi connectivity index (χ1) is 12.8. The molecule has 26 heavy (non-hydrogen) atoms. The van der Waals surface area contributed by atoms with Crippen molar-refractivity contribution in [3.05, 3.63) is 18.6 Å². The molecule has 3 aliphatic rings. The summed E-state index contributed by atoms with van der Waals surface area (Å²) in [5, 5.41) is 4.37. The van der Waals surface area contributed by atoms with Crippen molar-refractivity contribution in [1.29, 1.82) is 0 Å². The zero-order valence-corrected chi connectivity index (χ0v) is 15.0. The quantitative estimate of drug-likeness (QED) is 0.869. The molecule has 7 heteroatoms. The summed E-state index contributed by atoms with van der Waals surface area (Å²) in [5.41, 5.74) is 0.875. The van der Waals surface area contributed by atoms with Crippen LogP contribution in [0.2, 0.25) is 0 Å². The number of hydrogen-bond donors (Lipinski definition) is 2. The molecule has 3 fully saturated rings. The Morgan fingerprint density at radius 3 is 2.62 bits per heavy atom. The highest BCUT2D eigenvalue weighted by Crippen LogP contribution is 2.34. The van der Waals surface area contributed by atoms with Gasteiger partial charge in [-0.25, -0.2) is 14.8 Å². The van der Waals surface area contributed by atoms with E-state index in [0.717, 1.165) is 55.6 Å². The number of nitrogens with zero attached hydrogens (tertiary/aromatic N) is 4. The average Bonchev–Trinajstić information content (AvgIpc) is 3.24. The summed E-state index contributed by atoms with van der Waals surface area (Å²) in [7, 11) is 0. The standard InChI is InChI=1S/C19H26N6O/c26-19(23-13-4-2-1-3-5-13)25-14-6-7-15(25)11-24(10-14)18-16-8-9-20-17(16)21-12-22-18/h8-9,12-15H,1-7,10-11H2,(H,23,26)(H,20,21,22)/t14-,15+. The minimum absolute atomic E-state index is 0.151. The third-order valence-electron chi connectivity index (χ3n) is 6.28. The summed E-state index contributed by atoms with van der Waals surface area (Å²) in [6.45, 7) is 1.71. The molecule has 2 aromatic heterocycles. The minimum Gasteiger partial charge on any atom is -0.352 e. The number of carbonyl (C=O) groups excluding carboxylic acids is 1. The molecular formula is C19H26N6O. The molecule has 0 spiro atoms. The zero-order chi connectivity index (χ0) is 17.5. The van der Waals surface area contributed by atoms with Gasteiger partial charge in [0.15, 0.2) is 0 Å². The summed E-state index contributed by atoms with van der Waals surface area (Å²) in [6.07, 6.45) is 11.8. The third kappa shape index (κ3) is 2.70. The van der Waals surface area contributed by atoms with Crippen molar-refractivity contribution in [2.45, 2.75) is 63.1 Å². The highest BCUT2D eigenvalue weighted by molar-refractivity contribution is 5.87. The van der Waals surface area contributed by atoms with Gasteiger partial charge < -0.3 is 20.1 Å². The van der Waals surface area contributed by atoms with Crippen molar-refractivity contribution in [3.63, 3.8) is 0 Å². The van der Waals surface area contributed by atoms with Gasteiger partial charge in [-0.15, -0.1) is 0 Å². The van der Waals surface area contributed by atoms with Crippen LogP contribution in [0.15, 0.2) is 18.6 Å². The lowest BCUT2D eigenvalue weighted by Crippen LogP contribution is -2.59. The van der Waals surface area contributed by atoms with Crippen LogP contribution in [-0.2, 0) is 0 Å². The Morgan fingerprint density at radius 2 is 1.85 bits per heavy atom. The minimum atomic E-state index is 0.151. The number of aromatic nitrogens is 3. The average molecular weight is 354 g/mol. The Kier molecular flexibility index (Phi) is 3.94. The summed E-state index contributed by atoms with van der Waals surface area (Å²) < 4.78 is 0. The van der Waals surface area contributed by atoms with Crippen LogP contribution in [0.3, 0.4) is 0 Å². The van der Waals surface area contributed by atoms with Crippen molar-refractivity contribution >= 4 is 22.9 Å². The van der Waals surface area contributed by atoms with Crippen LogP contribution in [-0.4, -0.2) is 57.1 Å². The fourth-order valence-electron chi connectivity index (χ4n) is 5.01. The number of hydrogen-bond acceptors (Lipinski definition) is 4. The Morgan fingerprint density at radius 1 is 1.08 bits per heavy atom. The molecule has 1 aliphatic carbocycles. The van der Waals surface area contributed by atoms with Gasteiger partial charge in [0, 0.05) is 25.3 Å². The molecule has 2 saturated heterocycles. The molecule has 2 aliphatic heterocycles. The molecule has 7 nitrogen and oxygen atoms in total. The van der Waals surface area contributed by atoms with Gasteiger partial charge in [0.05, 0.1) is 17.5 Å². The van der Waals surface area contributed by atoms with E-state index >= 15 is 0 Å². The number of H-pyrrole nitrogens is 1. The highest BCUT2D eigenvalue weighted by atomic mass is 16.2. The molecule has 2 amide bonds. The number of anilines is 1. The molecule has 0 unspecified atom stereocenters. The molecule has 0 radical (unpaired) electrons. The van der Waals surface area contributed by atoms with E-state index in [1.807, 2.05) is 12.3 Å². The van der Waals surface area contributed by atoms with Crippen molar-refractivity contribution in [2.75, 3.05) is 18.0 Å². The molecule has 5 rings (SSSR count). The van der Waals surface area contributed by atoms with E-state index < -0.39 is 0 Å². The zero-order valence-electron chi connectivity index (χ0n) is 15.0. The maximum absolute atomic E-state index is 12.9. The van der Waals surface area contributed by atoms with Gasteiger partial charge in [-0.1, -0.05) is 19.3 Å². The highest BCUT2D eigenvalue weighted by Gasteiger charge is 2.43. The lowest BCUT2D eigenvalue weighted by atomic mass is 9.96. The monoisotopic (exact) mass is 354 g/mol. The van der Waals surface area contributed by atoms with Crippen LogP contribution in [0.1, 0.15) is 44.9 Å². The molecule has 2 atom stereocenters. The number of carbonyl (C=O) groups is 1. The Bertz CT molecular complexity index is 784. The maximum Gasteiger partial charge on any atom is 0.318 e. The number of urea groups is 1. The van der Waals surface area contributed by atoms with Gasteiger partial charge in [-0.3, -0.25) is 0 Å². The number of aromatic amines is 1. The third-order valence-corrected chi connectivity index (χ3v) is 6.28. The molecule has 1 saturated carbocycles. The van der Waals surface area contributed by atoms with Crippen LogP contribution in [0, 0.1) is 0 Å². The Labute approximate surface area is 153 Å². The number of amides is 2. The van der Waals surface area contributed by atoms with Gasteiger partial charge in [-0.2, -0.15) is 0 Å². The van der Waals surface area contributed by atoms with E-state index in [2.05, 4.69) is 30.1 Å². The van der Waals surface area contributed by atoms with E-state index in [9.17, 15) is 4.79 Å². The van der Waals surface area contributed by atoms with Gasteiger partial charge in [0.25, 0.3) is 0 Å². The summed E-state index contributed by atoms with van der Waals surface area (Å²) in [4.78, 5) is 29.4. The fraction of sp³-hybridized carbons (Fsp3) is 0.632. The van der Waals surface area contributed by atoms with Crippen LogP contribution in [0.4, 0.5) is 10.6 Å². The van der Waals surface area contributed by atoms with E-state index in [-0.39, 0.29) is 18.1 Å². The predicted molar refractivity (Wildman–Crippen MR) is 100 cm³/mol. The van der Waals surface area contributed by atoms with Crippen molar-refractivity contribution in [3.8, 4) is 0 Å². The number of nitrogens with one attached hydrogen (secondary N) is 2. The lowest BCUT2D eigenvalue weighted by molar-refractivity contribution is 0.156. The predicted octanol–water partition coefficient (Wildman–Crippen LogP) is 2.65. The van der Waals surface area contributed by atoms with Crippen LogP contribution in [0.25, 0.3) is 11.0 Å². The molecule has 2 aromatic rings. The van der Waals surface area contributed by atoms with E-state index in [0.29, 0.717) is 6.04 Å². The molecule has 2 bridgehead atoms. The first kappa shape index (κ1) is 15.9. The summed E-state index contributed by atoms with van der Waals surface area (Å²) in [6, 6.07) is 3.12. The second-order valence-corrected chi connectivity index (χ2v) is 7.92. The molecule has 138 valence electrons. The van der Waals surface area contributed by atoms with Gasteiger partial charge in [0.1, 0.15) is 17.8 Å². The second-order valence-electron chi connectivity index (χ2n) is 7.92. The topological polar surface area (TPSA) is 77.2 Å². The first-order valence-corrected chi connectivity index (χ1v) is 9.91. The fourth-order valence-corrected chi connectivity index (χ4v) is 5.01. The SMILES string of the molecule is O=C(NC1CCCCC1)N1[C@@H]2CC[C@H]1CN(c1ncnc3[nH]ccc13)C2. The van der Waals surface area contributed by atoms with E-state index in [4.69, 9.17) is 0 Å². The Hall–Kier alpha value is -2.31. The second kappa shape index (κ2) is 6.45. The van der Waals surface area contributed by atoms with Crippen molar-refractivity contribution in [2.24, 2.45) is 0 Å². The number of fused-ring (bicyclic) bond motifs is 3. The van der Waals surface area contributed by atoms with Crippen molar-refractivity contribution < 1.29 is 4.79 Å². The van der Waals surface area contributed by atoms with Crippen LogP contribution in [0.5, 0.6) is 0 Å². The van der Waals surface area contributed by atoms with Crippen LogP contribution >= 0.6 is 0 Å². The smallest absolute Gasteiger partial charge is 0.318 e.